The van der Waals surface area contributed by atoms with Gasteiger partial charge in [0, 0.05) is 10.0 Å². The lowest BCUT2D eigenvalue weighted by Gasteiger charge is -2.15. The second-order valence-electron chi connectivity index (χ2n) is 5.01. The number of esters is 1. The first-order valence-corrected chi connectivity index (χ1v) is 8.25. The van der Waals surface area contributed by atoms with Gasteiger partial charge in [-0.2, -0.15) is 0 Å². The van der Waals surface area contributed by atoms with E-state index >= 15 is 0 Å². The lowest BCUT2D eigenvalue weighted by Crippen LogP contribution is -2.30. The maximum Gasteiger partial charge on any atom is 0.342 e. The number of halogens is 3. The van der Waals surface area contributed by atoms with E-state index in [0.29, 0.717) is 26.5 Å². The van der Waals surface area contributed by atoms with Crippen LogP contribution in [0.15, 0.2) is 36.4 Å². The van der Waals surface area contributed by atoms with E-state index in [0.717, 1.165) is 0 Å². The molecule has 0 heterocycles. The molecule has 0 fully saturated rings. The largest absolute Gasteiger partial charge is 0.496 e. The van der Waals surface area contributed by atoms with Crippen LogP contribution in [0.2, 0.25) is 15.1 Å². The molecule has 1 N–H and O–H groups in total. The minimum Gasteiger partial charge on any atom is -0.496 e. The van der Waals surface area contributed by atoms with Gasteiger partial charge >= 0.3 is 5.97 Å². The van der Waals surface area contributed by atoms with Crippen LogP contribution in [0.3, 0.4) is 0 Å². The molecule has 5 nitrogen and oxygen atoms in total. The summed E-state index contributed by atoms with van der Waals surface area (Å²) in [6.07, 6.45) is -1.08. The number of rotatable bonds is 5. The Balaban J connectivity index is 2.09. The molecule has 0 bridgehead atoms. The zero-order valence-corrected chi connectivity index (χ0v) is 15.6. The second-order valence-corrected chi connectivity index (χ2v) is 6.29. The Morgan fingerprint density at radius 3 is 2.36 bits per heavy atom. The minimum atomic E-state index is -1.08. The van der Waals surface area contributed by atoms with E-state index in [4.69, 9.17) is 44.3 Å². The Hall–Kier alpha value is -1.95. The third-order valence-corrected chi connectivity index (χ3v) is 4.02. The first-order chi connectivity index (χ1) is 11.8. The van der Waals surface area contributed by atoms with Crippen molar-refractivity contribution in [3.05, 3.63) is 57.0 Å². The van der Waals surface area contributed by atoms with Gasteiger partial charge in [0.25, 0.3) is 5.91 Å². The molecule has 0 aliphatic heterocycles. The van der Waals surface area contributed by atoms with Crippen LogP contribution in [0.25, 0.3) is 0 Å². The van der Waals surface area contributed by atoms with E-state index in [-0.39, 0.29) is 5.56 Å². The molecule has 132 valence electrons. The molecule has 0 unspecified atom stereocenters. The lowest BCUT2D eigenvalue weighted by molar-refractivity contribution is -0.123. The van der Waals surface area contributed by atoms with Crippen molar-refractivity contribution >= 4 is 52.4 Å². The molecule has 1 atom stereocenters. The SMILES string of the molecule is COc1ccc(Cl)cc1C(=O)O[C@H](C)C(=O)Nc1cc(Cl)ccc1Cl. The Morgan fingerprint density at radius 2 is 1.68 bits per heavy atom. The van der Waals surface area contributed by atoms with Crippen molar-refractivity contribution in [3.63, 3.8) is 0 Å². The summed E-state index contributed by atoms with van der Waals surface area (Å²) in [5.74, 6) is -1.00. The van der Waals surface area contributed by atoms with Crippen LogP contribution in [-0.4, -0.2) is 25.1 Å². The van der Waals surface area contributed by atoms with Crippen LogP contribution in [0.4, 0.5) is 5.69 Å². The summed E-state index contributed by atoms with van der Waals surface area (Å²) in [5.41, 5.74) is 0.442. The minimum absolute atomic E-state index is 0.121. The van der Waals surface area contributed by atoms with Crippen LogP contribution >= 0.6 is 34.8 Å². The first kappa shape index (κ1) is 19.4. The number of carbonyl (C=O) groups excluding carboxylic acids is 2. The summed E-state index contributed by atoms with van der Waals surface area (Å²) in [6.45, 7) is 1.43. The Labute approximate surface area is 159 Å². The van der Waals surface area contributed by atoms with E-state index in [1.165, 1.54) is 32.2 Å². The predicted octanol–water partition coefficient (Wildman–Crippen LogP) is 4.84. The summed E-state index contributed by atoms with van der Waals surface area (Å²) in [7, 11) is 1.41. The lowest BCUT2D eigenvalue weighted by atomic mass is 10.2. The number of amides is 1. The molecule has 25 heavy (non-hydrogen) atoms. The van der Waals surface area contributed by atoms with Gasteiger partial charge in [-0.1, -0.05) is 34.8 Å². The van der Waals surface area contributed by atoms with Crippen LogP contribution in [0.5, 0.6) is 5.75 Å². The van der Waals surface area contributed by atoms with Gasteiger partial charge in [-0.25, -0.2) is 4.79 Å². The summed E-state index contributed by atoms with van der Waals surface area (Å²) in [4.78, 5) is 24.5. The third-order valence-electron chi connectivity index (χ3n) is 3.22. The molecule has 0 saturated heterocycles. The van der Waals surface area contributed by atoms with E-state index in [2.05, 4.69) is 5.32 Å². The van der Waals surface area contributed by atoms with Gasteiger partial charge < -0.3 is 14.8 Å². The topological polar surface area (TPSA) is 64.6 Å². The molecule has 2 aromatic rings. The van der Waals surface area contributed by atoms with Gasteiger partial charge in [-0.15, -0.1) is 0 Å². The van der Waals surface area contributed by atoms with E-state index in [9.17, 15) is 9.59 Å². The number of methoxy groups -OCH3 is 1. The highest BCUT2D eigenvalue weighted by molar-refractivity contribution is 6.35. The van der Waals surface area contributed by atoms with E-state index < -0.39 is 18.0 Å². The number of nitrogens with one attached hydrogen (secondary N) is 1. The standard InChI is InChI=1S/C17H14Cl3NO4/c1-9(16(22)21-14-8-11(19)3-5-13(14)20)25-17(23)12-7-10(18)4-6-15(12)24-2/h3-9H,1-2H3,(H,21,22)/t9-/m1/s1. The molecule has 1 amide bonds. The normalized spacial score (nSPS) is 11.6. The van der Waals surface area contributed by atoms with Gasteiger partial charge in [0.05, 0.1) is 17.8 Å². The van der Waals surface area contributed by atoms with Crippen molar-refractivity contribution in [2.75, 3.05) is 12.4 Å². The van der Waals surface area contributed by atoms with Crippen molar-refractivity contribution in [2.24, 2.45) is 0 Å². The van der Waals surface area contributed by atoms with Gasteiger partial charge in [0.1, 0.15) is 11.3 Å². The highest BCUT2D eigenvalue weighted by Crippen LogP contribution is 2.26. The molecular weight excluding hydrogens is 389 g/mol. The number of ether oxygens (including phenoxy) is 2. The zero-order valence-electron chi connectivity index (χ0n) is 13.3. The van der Waals surface area contributed by atoms with Crippen molar-refractivity contribution in [1.82, 2.24) is 0 Å². The smallest absolute Gasteiger partial charge is 0.342 e. The molecule has 0 aliphatic carbocycles. The number of anilines is 1. The molecular formula is C17H14Cl3NO4. The van der Waals surface area contributed by atoms with Crippen molar-refractivity contribution in [1.29, 1.82) is 0 Å². The van der Waals surface area contributed by atoms with Gasteiger partial charge in [-0.05, 0) is 43.3 Å². The quantitative estimate of drug-likeness (QED) is 0.727. The van der Waals surface area contributed by atoms with Crippen LogP contribution in [-0.2, 0) is 9.53 Å². The maximum absolute atomic E-state index is 12.3. The summed E-state index contributed by atoms with van der Waals surface area (Å²) in [5, 5.41) is 3.62. The highest BCUT2D eigenvalue weighted by atomic mass is 35.5. The monoisotopic (exact) mass is 401 g/mol. The molecule has 0 radical (unpaired) electrons. The van der Waals surface area contributed by atoms with Crippen molar-refractivity contribution < 1.29 is 19.1 Å². The molecule has 0 saturated carbocycles. The fraction of sp³-hybridized carbons (Fsp3) is 0.176. The summed E-state index contributed by atoms with van der Waals surface area (Å²) >= 11 is 17.7. The molecule has 0 spiro atoms. The predicted molar refractivity (Wildman–Crippen MR) is 98.0 cm³/mol. The van der Waals surface area contributed by atoms with E-state index in [1.807, 2.05) is 0 Å². The van der Waals surface area contributed by atoms with E-state index in [1.54, 1.807) is 18.2 Å². The maximum atomic E-state index is 12.3. The Bertz CT molecular complexity index is 810. The molecule has 8 heteroatoms. The molecule has 0 aromatic heterocycles. The average Bonchev–Trinajstić information content (AvgIpc) is 2.57. The zero-order chi connectivity index (χ0) is 18.6. The molecule has 2 rings (SSSR count). The van der Waals surface area contributed by atoms with Crippen LogP contribution in [0, 0.1) is 0 Å². The average molecular weight is 403 g/mol. The summed E-state index contributed by atoms with van der Waals surface area (Å²) in [6, 6.07) is 9.16. The number of hydrogen-bond acceptors (Lipinski definition) is 4. The van der Waals surface area contributed by atoms with Crippen LogP contribution in [0.1, 0.15) is 17.3 Å². The van der Waals surface area contributed by atoms with Gasteiger partial charge in [0.2, 0.25) is 0 Å². The number of carbonyl (C=O) groups is 2. The highest BCUT2D eigenvalue weighted by Gasteiger charge is 2.22. The Kier molecular flexibility index (Phi) is 6.53. The van der Waals surface area contributed by atoms with Gasteiger partial charge in [0.15, 0.2) is 6.10 Å². The fourth-order valence-electron chi connectivity index (χ4n) is 1.94. The number of hydrogen-bond donors (Lipinski definition) is 1. The van der Waals surface area contributed by atoms with Crippen molar-refractivity contribution in [2.45, 2.75) is 13.0 Å². The van der Waals surface area contributed by atoms with Crippen LogP contribution < -0.4 is 10.1 Å². The van der Waals surface area contributed by atoms with Gasteiger partial charge in [-0.3, -0.25) is 4.79 Å². The number of benzene rings is 2. The Morgan fingerprint density at radius 1 is 1.04 bits per heavy atom. The molecule has 2 aromatic carbocycles. The second kappa shape index (κ2) is 8.43. The fourth-order valence-corrected chi connectivity index (χ4v) is 2.45. The summed E-state index contributed by atoms with van der Waals surface area (Å²) < 4.78 is 10.3. The van der Waals surface area contributed by atoms with Crippen molar-refractivity contribution in [3.8, 4) is 5.75 Å². The third kappa shape index (κ3) is 5.01. The molecule has 0 aliphatic rings. The first-order valence-electron chi connectivity index (χ1n) is 7.12.